The van der Waals surface area contributed by atoms with Gasteiger partial charge in [-0.05, 0) is 106 Å². The Kier molecular flexibility index (Phi) is 6.94. The fourth-order valence-electron chi connectivity index (χ4n) is 5.44. The summed E-state index contributed by atoms with van der Waals surface area (Å²) in [7, 11) is 1.80. The maximum Gasteiger partial charge on any atom is 0.266 e. The first-order valence-corrected chi connectivity index (χ1v) is 13.8. The van der Waals surface area contributed by atoms with Crippen LogP contribution in [0.2, 0.25) is 0 Å². The van der Waals surface area contributed by atoms with E-state index in [0.29, 0.717) is 10.1 Å². The highest BCUT2D eigenvalue weighted by Crippen LogP contribution is 2.41. The number of hydrogen-bond donors (Lipinski definition) is 0. The van der Waals surface area contributed by atoms with E-state index < -0.39 is 0 Å². The van der Waals surface area contributed by atoms with Gasteiger partial charge in [0.25, 0.3) is 5.91 Å². The molecule has 0 bridgehead atoms. The predicted octanol–water partition coefficient (Wildman–Crippen LogP) is 6.09. The fourth-order valence-corrected chi connectivity index (χ4v) is 6.42. The number of amides is 1. The average Bonchev–Trinajstić information content (AvgIpc) is 3.13. The molecule has 3 heterocycles. The Morgan fingerprint density at radius 2 is 1.81 bits per heavy atom. The van der Waals surface area contributed by atoms with Gasteiger partial charge in [0, 0.05) is 43.6 Å². The summed E-state index contributed by atoms with van der Waals surface area (Å²) in [6.45, 7) is 15.3. The highest BCUT2D eigenvalue weighted by Gasteiger charge is 2.32. The summed E-state index contributed by atoms with van der Waals surface area (Å²) in [5, 5.41) is 0.695. The van der Waals surface area contributed by atoms with Gasteiger partial charge in [0.15, 0.2) is 5.17 Å². The molecule has 2 fully saturated rings. The summed E-state index contributed by atoms with van der Waals surface area (Å²) in [6, 6.07) is 12.7. The van der Waals surface area contributed by atoms with E-state index in [-0.39, 0.29) is 11.4 Å². The van der Waals surface area contributed by atoms with E-state index in [1.807, 2.05) is 18.2 Å². The van der Waals surface area contributed by atoms with Gasteiger partial charge in [-0.1, -0.05) is 6.08 Å². The summed E-state index contributed by atoms with van der Waals surface area (Å²) in [6.07, 6.45) is 4.36. The summed E-state index contributed by atoms with van der Waals surface area (Å²) in [5.74, 6) is -0.0191. The van der Waals surface area contributed by atoms with Gasteiger partial charge in [-0.3, -0.25) is 9.69 Å². The number of anilines is 2. The number of rotatable bonds is 4. The summed E-state index contributed by atoms with van der Waals surface area (Å²) in [4.78, 5) is 25.0. The number of morpholine rings is 1. The van der Waals surface area contributed by atoms with E-state index in [1.165, 1.54) is 34.3 Å². The van der Waals surface area contributed by atoms with Crippen LogP contribution < -0.4 is 9.80 Å². The quantitative estimate of drug-likeness (QED) is 0.461. The Hall–Kier alpha value is -3.03. The van der Waals surface area contributed by atoms with E-state index in [0.717, 1.165) is 49.7 Å². The van der Waals surface area contributed by atoms with Crippen molar-refractivity contribution in [2.45, 2.75) is 40.2 Å². The largest absolute Gasteiger partial charge is 0.378 e. The number of ether oxygens (including phenoxy) is 1. The molecule has 37 heavy (non-hydrogen) atoms. The van der Waals surface area contributed by atoms with Crippen LogP contribution in [0.4, 0.5) is 17.1 Å². The zero-order valence-corrected chi connectivity index (χ0v) is 23.5. The van der Waals surface area contributed by atoms with Crippen LogP contribution in [-0.2, 0) is 9.53 Å². The lowest BCUT2D eigenvalue weighted by Gasteiger charge is -2.43. The smallest absolute Gasteiger partial charge is 0.266 e. The van der Waals surface area contributed by atoms with Gasteiger partial charge < -0.3 is 14.5 Å². The Balaban J connectivity index is 1.41. The molecule has 0 aliphatic carbocycles. The predicted molar refractivity (Wildman–Crippen MR) is 157 cm³/mol. The van der Waals surface area contributed by atoms with Crippen LogP contribution in [0, 0.1) is 6.92 Å². The van der Waals surface area contributed by atoms with E-state index in [2.05, 4.69) is 74.8 Å². The number of benzene rings is 2. The number of aliphatic imine (C=N–C) groups is 1. The van der Waals surface area contributed by atoms with E-state index in [1.54, 1.807) is 11.9 Å². The minimum atomic E-state index is -0.0238. The van der Waals surface area contributed by atoms with Crippen LogP contribution in [0.5, 0.6) is 0 Å². The summed E-state index contributed by atoms with van der Waals surface area (Å²) in [5.41, 5.74) is 7.99. The van der Waals surface area contributed by atoms with Crippen molar-refractivity contribution in [2.24, 2.45) is 4.99 Å². The molecule has 3 aliphatic rings. The highest BCUT2D eigenvalue weighted by atomic mass is 32.2. The van der Waals surface area contributed by atoms with Crippen molar-refractivity contribution in [1.29, 1.82) is 0 Å². The van der Waals surface area contributed by atoms with Crippen LogP contribution >= 0.6 is 11.8 Å². The molecule has 2 saturated heterocycles. The van der Waals surface area contributed by atoms with Gasteiger partial charge in [-0.25, -0.2) is 4.99 Å². The number of carbonyl (C=O) groups excluding carboxylic acids is 1. The maximum absolute atomic E-state index is 13.1. The lowest BCUT2D eigenvalue weighted by molar-refractivity contribution is -0.121. The van der Waals surface area contributed by atoms with Crippen molar-refractivity contribution in [3.05, 3.63) is 64.1 Å². The first-order valence-electron chi connectivity index (χ1n) is 13.0. The van der Waals surface area contributed by atoms with Crippen LogP contribution in [0.25, 0.3) is 11.6 Å². The third-order valence-electron chi connectivity index (χ3n) is 7.42. The highest BCUT2D eigenvalue weighted by molar-refractivity contribution is 8.18. The number of aryl methyl sites for hydroxylation is 1. The standard InChI is InChI=1S/C30H36N4O2S/c1-7-34-26-16-20(2)22(17-25(26)21(3)19-30(34,4)5)18-27-28(35)32(6)29(37-27)31-23-8-10-24(11-9-23)33-12-14-36-15-13-33/h8-11,16-19H,7,12-15H2,1-6H3/b27-18-,31-29?. The molecule has 0 radical (unpaired) electrons. The number of thioether (sulfide) groups is 1. The number of nitrogens with zero attached hydrogens (tertiary/aromatic N) is 4. The maximum atomic E-state index is 13.1. The SMILES string of the molecule is CCN1c2cc(C)c(/C=C3\SC(=Nc4ccc(N5CCOCC5)cc4)N(C)C3=O)cc2C(C)=CC1(C)C. The van der Waals surface area contributed by atoms with Crippen LogP contribution in [0.1, 0.15) is 44.4 Å². The summed E-state index contributed by atoms with van der Waals surface area (Å²) < 4.78 is 5.45. The molecule has 194 valence electrons. The van der Waals surface area contributed by atoms with Crippen molar-refractivity contribution in [1.82, 2.24) is 4.90 Å². The number of fused-ring (bicyclic) bond motifs is 1. The van der Waals surface area contributed by atoms with Crippen molar-refractivity contribution in [2.75, 3.05) is 49.7 Å². The molecule has 1 amide bonds. The Bertz CT molecular complexity index is 1300. The molecule has 0 aromatic heterocycles. The molecular weight excluding hydrogens is 480 g/mol. The number of amidine groups is 1. The van der Waals surface area contributed by atoms with Gasteiger partial charge >= 0.3 is 0 Å². The first kappa shape index (κ1) is 25.6. The number of carbonyl (C=O) groups is 1. The van der Waals surface area contributed by atoms with Gasteiger partial charge in [-0.2, -0.15) is 0 Å². The third kappa shape index (κ3) is 4.94. The molecule has 0 spiro atoms. The first-order chi connectivity index (χ1) is 17.7. The topological polar surface area (TPSA) is 48.4 Å². The molecule has 3 aliphatic heterocycles. The molecule has 5 rings (SSSR count). The van der Waals surface area contributed by atoms with Crippen LogP contribution in [-0.4, -0.2) is 61.4 Å². The van der Waals surface area contributed by atoms with Crippen molar-refractivity contribution >= 4 is 51.5 Å². The van der Waals surface area contributed by atoms with Gasteiger partial charge in [-0.15, -0.1) is 0 Å². The molecule has 0 N–H and O–H groups in total. The van der Waals surface area contributed by atoms with Crippen molar-refractivity contribution in [3.8, 4) is 0 Å². The molecule has 2 aromatic carbocycles. The fraction of sp³-hybridized carbons (Fsp3) is 0.400. The second kappa shape index (κ2) is 10.0. The number of hydrogen-bond acceptors (Lipinski definition) is 6. The zero-order valence-electron chi connectivity index (χ0n) is 22.7. The lowest BCUT2D eigenvalue weighted by atomic mass is 9.87. The van der Waals surface area contributed by atoms with E-state index in [4.69, 9.17) is 9.73 Å². The molecule has 6 nitrogen and oxygen atoms in total. The lowest BCUT2D eigenvalue weighted by Crippen LogP contribution is -2.44. The summed E-state index contributed by atoms with van der Waals surface area (Å²) >= 11 is 1.44. The van der Waals surface area contributed by atoms with Crippen LogP contribution in [0.15, 0.2) is 52.4 Å². The Morgan fingerprint density at radius 1 is 1.11 bits per heavy atom. The van der Waals surface area contributed by atoms with Gasteiger partial charge in [0.1, 0.15) is 0 Å². The minimum absolute atomic E-state index is 0.0191. The van der Waals surface area contributed by atoms with Crippen LogP contribution in [0.3, 0.4) is 0 Å². The van der Waals surface area contributed by atoms with Gasteiger partial charge in [0.05, 0.1) is 29.3 Å². The molecule has 0 unspecified atom stereocenters. The monoisotopic (exact) mass is 516 g/mol. The van der Waals surface area contributed by atoms with E-state index in [9.17, 15) is 4.79 Å². The van der Waals surface area contributed by atoms with E-state index >= 15 is 0 Å². The Labute approximate surface area is 224 Å². The average molecular weight is 517 g/mol. The Morgan fingerprint density at radius 3 is 2.49 bits per heavy atom. The second-order valence-electron chi connectivity index (χ2n) is 10.4. The molecule has 0 atom stereocenters. The third-order valence-corrected chi connectivity index (χ3v) is 8.48. The molecular formula is C30H36N4O2S. The molecule has 0 saturated carbocycles. The van der Waals surface area contributed by atoms with Crippen molar-refractivity contribution < 1.29 is 9.53 Å². The zero-order chi connectivity index (χ0) is 26.3. The molecule has 2 aromatic rings. The number of allylic oxidation sites excluding steroid dienone is 1. The molecule has 7 heteroatoms. The van der Waals surface area contributed by atoms with Crippen molar-refractivity contribution in [3.63, 3.8) is 0 Å². The number of likely N-dealkylation sites (N-methyl/N-ethyl adjacent to an activating group) is 2. The second-order valence-corrected chi connectivity index (χ2v) is 11.4. The normalized spacial score (nSPS) is 21.6. The minimum Gasteiger partial charge on any atom is -0.378 e. The van der Waals surface area contributed by atoms with Gasteiger partial charge in [0.2, 0.25) is 0 Å².